The number of sulfonamides is 1. The van der Waals surface area contributed by atoms with Gasteiger partial charge in [-0.15, -0.1) is 0 Å². The molecule has 20 heavy (non-hydrogen) atoms. The van der Waals surface area contributed by atoms with Gasteiger partial charge in [-0.2, -0.15) is 9.57 Å². The summed E-state index contributed by atoms with van der Waals surface area (Å²) in [6, 6.07) is 7.33. The summed E-state index contributed by atoms with van der Waals surface area (Å²) in [6.07, 6.45) is 0. The molecule has 0 radical (unpaired) electrons. The van der Waals surface area contributed by atoms with Gasteiger partial charge in [0.2, 0.25) is 10.0 Å². The van der Waals surface area contributed by atoms with Gasteiger partial charge in [0.25, 0.3) is 0 Å². The predicted molar refractivity (Wildman–Crippen MR) is 76.7 cm³/mol. The van der Waals surface area contributed by atoms with Gasteiger partial charge in [0.05, 0.1) is 17.5 Å². The lowest BCUT2D eigenvalue weighted by Gasteiger charge is -2.32. The van der Waals surface area contributed by atoms with E-state index < -0.39 is 10.0 Å². The Balaban J connectivity index is 2.16. The normalized spacial score (nSPS) is 17.9. The Labute approximate surface area is 120 Å². The van der Waals surface area contributed by atoms with Gasteiger partial charge in [-0.3, -0.25) is 4.90 Å². The quantitative estimate of drug-likeness (QED) is 0.784. The maximum Gasteiger partial charge on any atom is 0.243 e. The highest BCUT2D eigenvalue weighted by Crippen LogP contribution is 2.20. The van der Waals surface area contributed by atoms with Gasteiger partial charge in [0, 0.05) is 26.2 Å². The van der Waals surface area contributed by atoms with Gasteiger partial charge < -0.3 is 0 Å². The Hall–Kier alpha value is -1.42. The molecule has 0 aromatic heterocycles. The monoisotopic (exact) mass is 293 g/mol. The van der Waals surface area contributed by atoms with Crippen LogP contribution < -0.4 is 0 Å². The minimum atomic E-state index is -3.42. The molecule has 2 rings (SSSR count). The summed E-state index contributed by atoms with van der Waals surface area (Å²) in [5.41, 5.74) is 2.07. The fraction of sp³-hybridized carbons (Fsp3) is 0.500. The molecule has 5 nitrogen and oxygen atoms in total. The van der Waals surface area contributed by atoms with Gasteiger partial charge in [0.15, 0.2) is 0 Å². The van der Waals surface area contributed by atoms with Gasteiger partial charge in [-0.25, -0.2) is 8.42 Å². The average molecular weight is 293 g/mol. The third kappa shape index (κ3) is 3.01. The van der Waals surface area contributed by atoms with E-state index in [-0.39, 0.29) is 0 Å². The number of nitrogens with zero attached hydrogens (tertiary/aromatic N) is 3. The molecule has 1 aromatic carbocycles. The molecule has 0 unspecified atom stereocenters. The van der Waals surface area contributed by atoms with Gasteiger partial charge >= 0.3 is 0 Å². The zero-order valence-electron chi connectivity index (χ0n) is 11.8. The lowest BCUT2D eigenvalue weighted by molar-refractivity contribution is 0.206. The van der Waals surface area contributed by atoms with E-state index in [0.717, 1.165) is 11.1 Å². The number of aryl methyl sites for hydroxylation is 2. The molecule has 6 heteroatoms. The zero-order chi connectivity index (χ0) is 14.8. The van der Waals surface area contributed by atoms with Crippen LogP contribution in [0.1, 0.15) is 11.1 Å². The molecular weight excluding hydrogens is 274 g/mol. The fourth-order valence-electron chi connectivity index (χ4n) is 2.25. The van der Waals surface area contributed by atoms with E-state index in [4.69, 9.17) is 5.26 Å². The second kappa shape index (κ2) is 5.92. The Bertz CT molecular complexity index is 626. The summed E-state index contributed by atoms with van der Waals surface area (Å²) in [4.78, 5) is 2.32. The lowest BCUT2D eigenvalue weighted by Crippen LogP contribution is -2.48. The summed E-state index contributed by atoms with van der Waals surface area (Å²) >= 11 is 0. The Morgan fingerprint density at radius 1 is 1.15 bits per heavy atom. The van der Waals surface area contributed by atoms with E-state index >= 15 is 0 Å². The van der Waals surface area contributed by atoms with Crippen molar-refractivity contribution in [2.75, 3.05) is 32.7 Å². The first-order valence-electron chi connectivity index (χ1n) is 6.62. The third-order valence-electron chi connectivity index (χ3n) is 3.74. The standard InChI is InChI=1S/C14H19N3O2S/c1-12-3-4-14(11-13(12)2)20(18,19)17-9-7-16(6-5-15)8-10-17/h3-4,11H,6-10H2,1-2H3. The van der Waals surface area contributed by atoms with E-state index in [1.165, 1.54) is 4.31 Å². The molecule has 0 bridgehead atoms. The van der Waals surface area contributed by atoms with Crippen LogP contribution in [0.3, 0.4) is 0 Å². The largest absolute Gasteiger partial charge is 0.288 e. The van der Waals surface area contributed by atoms with Crippen molar-refractivity contribution in [1.82, 2.24) is 9.21 Å². The van der Waals surface area contributed by atoms with Crippen LogP contribution in [0.25, 0.3) is 0 Å². The van der Waals surface area contributed by atoms with Crippen molar-refractivity contribution in [3.05, 3.63) is 29.3 Å². The summed E-state index contributed by atoms with van der Waals surface area (Å²) in [5, 5.41) is 8.66. The molecule has 1 aliphatic heterocycles. The van der Waals surface area contributed by atoms with Gasteiger partial charge in [0.1, 0.15) is 0 Å². The zero-order valence-corrected chi connectivity index (χ0v) is 12.7. The van der Waals surface area contributed by atoms with Crippen LogP contribution in [0.5, 0.6) is 0 Å². The van der Waals surface area contributed by atoms with Crippen molar-refractivity contribution in [2.45, 2.75) is 18.7 Å². The third-order valence-corrected chi connectivity index (χ3v) is 5.64. The maximum atomic E-state index is 12.6. The first-order valence-corrected chi connectivity index (χ1v) is 8.06. The van der Waals surface area contributed by atoms with Crippen LogP contribution >= 0.6 is 0 Å². The van der Waals surface area contributed by atoms with Crippen molar-refractivity contribution in [2.24, 2.45) is 0 Å². The highest BCUT2D eigenvalue weighted by molar-refractivity contribution is 7.89. The van der Waals surface area contributed by atoms with Crippen LogP contribution in [-0.4, -0.2) is 50.3 Å². The molecule has 1 aliphatic rings. The van der Waals surface area contributed by atoms with Crippen molar-refractivity contribution < 1.29 is 8.42 Å². The molecule has 1 aromatic rings. The molecule has 0 saturated carbocycles. The highest BCUT2D eigenvalue weighted by Gasteiger charge is 2.28. The fourth-order valence-corrected chi connectivity index (χ4v) is 3.76. The Kier molecular flexibility index (Phi) is 4.43. The van der Waals surface area contributed by atoms with Crippen molar-refractivity contribution >= 4 is 10.0 Å². The summed E-state index contributed by atoms with van der Waals surface area (Å²) in [5.74, 6) is 0. The summed E-state index contributed by atoms with van der Waals surface area (Å²) in [7, 11) is -3.42. The molecule has 0 spiro atoms. The van der Waals surface area contributed by atoms with E-state index in [1.807, 2.05) is 24.8 Å². The number of hydrogen-bond donors (Lipinski definition) is 0. The number of benzene rings is 1. The highest BCUT2D eigenvalue weighted by atomic mass is 32.2. The smallest absolute Gasteiger partial charge is 0.243 e. The molecule has 1 saturated heterocycles. The summed E-state index contributed by atoms with van der Waals surface area (Å²) in [6.45, 7) is 6.34. The van der Waals surface area contributed by atoms with Crippen molar-refractivity contribution in [1.29, 1.82) is 5.26 Å². The second-order valence-corrected chi connectivity index (χ2v) is 7.02. The lowest BCUT2D eigenvalue weighted by atomic mass is 10.1. The Morgan fingerprint density at radius 2 is 1.80 bits per heavy atom. The van der Waals surface area contributed by atoms with Crippen LogP contribution in [-0.2, 0) is 10.0 Å². The Morgan fingerprint density at radius 3 is 2.35 bits per heavy atom. The minimum Gasteiger partial charge on any atom is -0.288 e. The molecular formula is C14H19N3O2S. The second-order valence-electron chi connectivity index (χ2n) is 5.08. The topological polar surface area (TPSA) is 64.4 Å². The SMILES string of the molecule is Cc1ccc(S(=O)(=O)N2CCN(CC#N)CC2)cc1C. The van der Waals surface area contributed by atoms with E-state index in [9.17, 15) is 8.42 Å². The number of nitriles is 1. The number of piperazine rings is 1. The average Bonchev–Trinajstić information content (AvgIpc) is 2.43. The molecule has 1 fully saturated rings. The van der Waals surface area contributed by atoms with Crippen LogP contribution in [0.2, 0.25) is 0 Å². The van der Waals surface area contributed by atoms with Crippen molar-refractivity contribution in [3.63, 3.8) is 0 Å². The van der Waals surface area contributed by atoms with Crippen LogP contribution in [0.4, 0.5) is 0 Å². The van der Waals surface area contributed by atoms with Gasteiger partial charge in [-0.1, -0.05) is 6.07 Å². The molecule has 0 amide bonds. The molecule has 0 aliphatic carbocycles. The molecule has 0 N–H and O–H groups in total. The summed E-state index contributed by atoms with van der Waals surface area (Å²) < 4.78 is 26.6. The number of hydrogen-bond acceptors (Lipinski definition) is 4. The molecule has 108 valence electrons. The molecule has 0 atom stereocenters. The van der Waals surface area contributed by atoms with E-state index in [2.05, 4.69) is 6.07 Å². The van der Waals surface area contributed by atoms with Crippen LogP contribution in [0.15, 0.2) is 23.1 Å². The van der Waals surface area contributed by atoms with E-state index in [0.29, 0.717) is 37.6 Å². The predicted octanol–water partition coefficient (Wildman–Crippen LogP) is 1.13. The maximum absolute atomic E-state index is 12.6. The van der Waals surface area contributed by atoms with Crippen molar-refractivity contribution in [3.8, 4) is 6.07 Å². The van der Waals surface area contributed by atoms with Gasteiger partial charge in [-0.05, 0) is 37.1 Å². The number of rotatable bonds is 3. The minimum absolute atomic E-state index is 0.356. The molecule has 1 heterocycles. The first-order chi connectivity index (χ1) is 9.45. The van der Waals surface area contributed by atoms with Crippen LogP contribution in [0, 0.1) is 25.2 Å². The van der Waals surface area contributed by atoms with E-state index in [1.54, 1.807) is 12.1 Å². The first kappa shape index (κ1) is 15.0.